The predicted molar refractivity (Wildman–Crippen MR) is 117 cm³/mol. The molecule has 1 fully saturated rings. The molecule has 10 nitrogen and oxygen atoms in total. The number of piperazine rings is 1. The summed E-state index contributed by atoms with van der Waals surface area (Å²) in [5.41, 5.74) is 5.15. The number of fused-ring (bicyclic) bond motifs is 1. The van der Waals surface area contributed by atoms with Crippen LogP contribution in [0.15, 0.2) is 30.6 Å². The molecule has 2 aliphatic rings. The monoisotopic (exact) mass is 445 g/mol. The van der Waals surface area contributed by atoms with E-state index in [1.165, 1.54) is 23.7 Å². The van der Waals surface area contributed by atoms with E-state index in [9.17, 15) is 4.79 Å². The zero-order valence-electron chi connectivity index (χ0n) is 18.4. The van der Waals surface area contributed by atoms with Crippen LogP contribution < -0.4 is 10.1 Å². The summed E-state index contributed by atoms with van der Waals surface area (Å²) in [5, 5.41) is 21.6. The van der Waals surface area contributed by atoms with Crippen molar-refractivity contribution in [2.45, 2.75) is 26.1 Å². The van der Waals surface area contributed by atoms with Crippen LogP contribution in [0.2, 0.25) is 0 Å². The highest BCUT2D eigenvalue weighted by atomic mass is 16.5. The maximum atomic E-state index is 11.8. The lowest BCUT2D eigenvalue weighted by molar-refractivity contribution is 0.0535. The van der Waals surface area contributed by atoms with Crippen LogP contribution in [0.3, 0.4) is 0 Å². The Balaban J connectivity index is 1.30. The first-order valence-electron chi connectivity index (χ1n) is 10.7. The number of nitrogens with one attached hydrogen (secondary N) is 1. The third-order valence-electron chi connectivity index (χ3n) is 6.16. The van der Waals surface area contributed by atoms with Gasteiger partial charge < -0.3 is 14.8 Å². The zero-order chi connectivity index (χ0) is 22.9. The first-order valence-corrected chi connectivity index (χ1v) is 10.7. The molecule has 3 aromatic rings. The third-order valence-corrected chi connectivity index (χ3v) is 6.16. The largest absolute Gasteiger partial charge is 0.495 e. The van der Waals surface area contributed by atoms with Crippen molar-refractivity contribution in [3.8, 4) is 17.6 Å². The average molecular weight is 445 g/mol. The summed E-state index contributed by atoms with van der Waals surface area (Å²) in [6.07, 6.45) is 3.18. The van der Waals surface area contributed by atoms with Gasteiger partial charge in [-0.15, -0.1) is 4.80 Å². The van der Waals surface area contributed by atoms with Crippen LogP contribution >= 0.6 is 0 Å². The summed E-state index contributed by atoms with van der Waals surface area (Å²) in [6, 6.07) is 7.75. The van der Waals surface area contributed by atoms with Crippen LogP contribution in [-0.2, 0) is 17.9 Å². The van der Waals surface area contributed by atoms with Gasteiger partial charge >= 0.3 is 5.97 Å². The first kappa shape index (κ1) is 21.1. The van der Waals surface area contributed by atoms with E-state index in [0.717, 1.165) is 36.5 Å². The number of hydrogen-bond acceptors (Lipinski definition) is 9. The van der Waals surface area contributed by atoms with Crippen molar-refractivity contribution in [3.63, 3.8) is 0 Å². The molecule has 4 heterocycles. The molecule has 0 spiro atoms. The van der Waals surface area contributed by atoms with Crippen molar-refractivity contribution in [2.75, 3.05) is 26.7 Å². The lowest BCUT2D eigenvalue weighted by Gasteiger charge is -2.34. The van der Waals surface area contributed by atoms with Crippen LogP contribution in [0.4, 0.5) is 0 Å². The molecule has 168 valence electrons. The topological polar surface area (TPSA) is 118 Å². The summed E-state index contributed by atoms with van der Waals surface area (Å²) in [4.78, 5) is 19.9. The number of aromatic nitrogens is 4. The lowest BCUT2D eigenvalue weighted by atomic mass is 9.93. The summed E-state index contributed by atoms with van der Waals surface area (Å²) in [7, 11) is 1.51. The second-order valence-corrected chi connectivity index (χ2v) is 8.10. The molecule has 0 unspecified atom stereocenters. The SMILES string of the molecule is COc1cc(-n2ncc(CN3CCN[C@H](c4ccc5c(c4C)COC5=O)C3)n2)ncc1C#N. The summed E-state index contributed by atoms with van der Waals surface area (Å²) < 4.78 is 10.4. The van der Waals surface area contributed by atoms with Gasteiger partial charge in [0.1, 0.15) is 24.0 Å². The van der Waals surface area contributed by atoms with E-state index in [-0.39, 0.29) is 12.0 Å². The Labute approximate surface area is 190 Å². The van der Waals surface area contributed by atoms with E-state index >= 15 is 0 Å². The molecule has 33 heavy (non-hydrogen) atoms. The van der Waals surface area contributed by atoms with E-state index in [2.05, 4.69) is 32.3 Å². The van der Waals surface area contributed by atoms with Gasteiger partial charge in [0.25, 0.3) is 0 Å². The average Bonchev–Trinajstić information content (AvgIpc) is 3.46. The number of carbonyl (C=O) groups is 1. The van der Waals surface area contributed by atoms with Crippen molar-refractivity contribution < 1.29 is 14.3 Å². The van der Waals surface area contributed by atoms with Gasteiger partial charge in [-0.3, -0.25) is 4.90 Å². The molecular weight excluding hydrogens is 422 g/mol. The normalized spacial score (nSPS) is 18.0. The Kier molecular flexibility index (Phi) is 5.50. The Morgan fingerprint density at radius 2 is 2.24 bits per heavy atom. The van der Waals surface area contributed by atoms with Gasteiger partial charge in [-0.2, -0.15) is 15.5 Å². The van der Waals surface area contributed by atoms with E-state index in [1.54, 1.807) is 12.3 Å². The number of esters is 1. The van der Waals surface area contributed by atoms with Gasteiger partial charge in [0, 0.05) is 43.9 Å². The highest BCUT2D eigenvalue weighted by Gasteiger charge is 2.28. The molecule has 2 aromatic heterocycles. The first-order chi connectivity index (χ1) is 16.1. The minimum atomic E-state index is -0.240. The smallest absolute Gasteiger partial charge is 0.338 e. The van der Waals surface area contributed by atoms with Gasteiger partial charge in [-0.25, -0.2) is 9.78 Å². The van der Waals surface area contributed by atoms with Gasteiger partial charge in [0.15, 0.2) is 5.82 Å². The number of hydrogen-bond donors (Lipinski definition) is 1. The van der Waals surface area contributed by atoms with Gasteiger partial charge in [0.2, 0.25) is 0 Å². The molecule has 0 amide bonds. The van der Waals surface area contributed by atoms with Crippen LogP contribution in [0, 0.1) is 18.3 Å². The fourth-order valence-electron chi connectivity index (χ4n) is 4.40. The third kappa shape index (κ3) is 3.92. The number of rotatable bonds is 5. The van der Waals surface area contributed by atoms with Crippen LogP contribution in [0.5, 0.6) is 5.75 Å². The molecule has 1 N–H and O–H groups in total. The fraction of sp³-hybridized carbons (Fsp3) is 0.348. The van der Waals surface area contributed by atoms with E-state index in [0.29, 0.717) is 35.8 Å². The van der Waals surface area contributed by atoms with E-state index < -0.39 is 0 Å². The number of methoxy groups -OCH3 is 1. The number of pyridine rings is 1. The molecule has 1 aromatic carbocycles. The maximum Gasteiger partial charge on any atom is 0.338 e. The highest BCUT2D eigenvalue weighted by molar-refractivity contribution is 5.94. The summed E-state index contributed by atoms with van der Waals surface area (Å²) in [6.45, 7) is 5.60. The second-order valence-electron chi connectivity index (χ2n) is 8.10. The summed E-state index contributed by atoms with van der Waals surface area (Å²) >= 11 is 0. The Morgan fingerprint density at radius 1 is 1.36 bits per heavy atom. The number of nitrogens with zero attached hydrogens (tertiary/aromatic N) is 6. The number of carbonyl (C=O) groups excluding carboxylic acids is 1. The Hall–Kier alpha value is -3.81. The fourth-order valence-corrected chi connectivity index (χ4v) is 4.40. The van der Waals surface area contributed by atoms with Crippen molar-refractivity contribution >= 4 is 5.97 Å². The molecule has 1 saturated heterocycles. The van der Waals surface area contributed by atoms with Gasteiger partial charge in [0.05, 0.1) is 30.8 Å². The van der Waals surface area contributed by atoms with Crippen LogP contribution in [-0.4, -0.2) is 57.6 Å². The maximum absolute atomic E-state index is 11.8. The van der Waals surface area contributed by atoms with E-state index in [4.69, 9.17) is 14.7 Å². The zero-order valence-corrected chi connectivity index (χ0v) is 18.4. The van der Waals surface area contributed by atoms with Crippen LogP contribution in [0.25, 0.3) is 5.82 Å². The predicted octanol–water partition coefficient (Wildman–Crippen LogP) is 1.67. The van der Waals surface area contributed by atoms with Gasteiger partial charge in [-0.1, -0.05) is 6.07 Å². The van der Waals surface area contributed by atoms with Crippen molar-refractivity contribution in [1.29, 1.82) is 5.26 Å². The molecule has 2 aliphatic heterocycles. The quantitative estimate of drug-likeness (QED) is 0.585. The number of benzene rings is 1. The van der Waals surface area contributed by atoms with Crippen molar-refractivity contribution in [1.82, 2.24) is 30.2 Å². The molecule has 1 atom stereocenters. The molecule has 0 bridgehead atoms. The molecule has 5 rings (SSSR count). The number of cyclic esters (lactones) is 1. The molecule has 10 heteroatoms. The van der Waals surface area contributed by atoms with Crippen molar-refractivity contribution in [3.05, 3.63) is 64.1 Å². The molecule has 0 saturated carbocycles. The molecular formula is C23H23N7O3. The number of nitriles is 1. The Bertz CT molecular complexity index is 1260. The Morgan fingerprint density at radius 3 is 3.06 bits per heavy atom. The standard InChI is InChI=1S/C23H23N7O3/c1-14-17(3-4-18-19(14)13-33-23(18)31)20-12-29(6-5-25-20)11-16-10-27-30(28-16)22-7-21(32-2)15(8-24)9-26-22/h3-4,7,9-10,20,25H,5-6,11-13H2,1-2H3/t20-/m0/s1. The summed E-state index contributed by atoms with van der Waals surface area (Å²) in [5.74, 6) is 0.680. The minimum Gasteiger partial charge on any atom is -0.495 e. The highest BCUT2D eigenvalue weighted by Crippen LogP contribution is 2.30. The van der Waals surface area contributed by atoms with Crippen molar-refractivity contribution in [2.24, 2.45) is 0 Å². The number of ether oxygens (including phenoxy) is 2. The van der Waals surface area contributed by atoms with E-state index in [1.807, 2.05) is 18.2 Å². The molecule has 0 radical (unpaired) electrons. The second kappa shape index (κ2) is 8.61. The molecule has 0 aliphatic carbocycles. The lowest BCUT2D eigenvalue weighted by Crippen LogP contribution is -2.45. The van der Waals surface area contributed by atoms with Crippen LogP contribution in [0.1, 0.15) is 44.3 Å². The van der Waals surface area contributed by atoms with Gasteiger partial charge in [-0.05, 0) is 24.1 Å². The minimum absolute atomic E-state index is 0.152.